The molecule has 1 aliphatic rings. The van der Waals surface area contributed by atoms with Crippen LogP contribution in [0.1, 0.15) is 37.4 Å². The van der Waals surface area contributed by atoms with Crippen molar-refractivity contribution in [1.29, 1.82) is 0 Å². The summed E-state index contributed by atoms with van der Waals surface area (Å²) in [7, 11) is 0. The second kappa shape index (κ2) is 5.50. The van der Waals surface area contributed by atoms with Gasteiger partial charge in [0.15, 0.2) is 6.10 Å². The molecule has 18 heavy (non-hydrogen) atoms. The Labute approximate surface area is 107 Å². The summed E-state index contributed by atoms with van der Waals surface area (Å²) in [6.07, 6.45) is 2.38. The highest BCUT2D eigenvalue weighted by molar-refractivity contribution is 5.82. The Morgan fingerprint density at radius 2 is 1.89 bits per heavy atom. The minimum absolute atomic E-state index is 0.0692. The van der Waals surface area contributed by atoms with Crippen molar-refractivity contribution in [3.63, 3.8) is 0 Å². The number of carbonyl (C=O) groups excluding carboxylic acids is 1. The molecule has 1 amide bonds. The van der Waals surface area contributed by atoms with Crippen molar-refractivity contribution in [2.24, 2.45) is 0 Å². The first-order chi connectivity index (χ1) is 8.67. The average Bonchev–Trinajstić information content (AvgIpc) is 2.88. The molecule has 2 rings (SSSR count). The fourth-order valence-corrected chi connectivity index (χ4v) is 2.49. The number of amides is 1. The first-order valence-corrected chi connectivity index (χ1v) is 6.33. The zero-order valence-electron chi connectivity index (χ0n) is 10.3. The summed E-state index contributed by atoms with van der Waals surface area (Å²) in [6, 6.07) is 8.82. The van der Waals surface area contributed by atoms with E-state index in [0.717, 1.165) is 25.7 Å². The van der Waals surface area contributed by atoms with E-state index in [-0.39, 0.29) is 6.61 Å². The van der Waals surface area contributed by atoms with Crippen LogP contribution in [0.3, 0.4) is 0 Å². The van der Waals surface area contributed by atoms with Crippen LogP contribution in [0.15, 0.2) is 30.3 Å². The lowest BCUT2D eigenvalue weighted by molar-refractivity contribution is -0.132. The van der Waals surface area contributed by atoms with Gasteiger partial charge in [-0.2, -0.15) is 0 Å². The standard InChI is InChI=1S/C14H19NO3/c16-10-14(8-4-5-9-14)15-13(18)12(17)11-6-2-1-3-7-11/h1-3,6-7,12,16-17H,4-5,8-10H2,(H,15,18)/t12-/m0/s1. The summed E-state index contributed by atoms with van der Waals surface area (Å²) in [5.74, 6) is -0.433. The Kier molecular flexibility index (Phi) is 3.99. The van der Waals surface area contributed by atoms with Gasteiger partial charge < -0.3 is 15.5 Å². The van der Waals surface area contributed by atoms with Crippen molar-refractivity contribution in [1.82, 2.24) is 5.32 Å². The van der Waals surface area contributed by atoms with Crippen LogP contribution in [0.5, 0.6) is 0 Å². The molecule has 0 aliphatic heterocycles. The van der Waals surface area contributed by atoms with E-state index >= 15 is 0 Å². The third-order valence-electron chi connectivity index (χ3n) is 3.62. The zero-order chi connectivity index (χ0) is 13.0. The molecular formula is C14H19NO3. The van der Waals surface area contributed by atoms with Gasteiger partial charge in [0, 0.05) is 0 Å². The van der Waals surface area contributed by atoms with E-state index in [2.05, 4.69) is 5.32 Å². The van der Waals surface area contributed by atoms with E-state index in [4.69, 9.17) is 0 Å². The van der Waals surface area contributed by atoms with Gasteiger partial charge in [0.25, 0.3) is 5.91 Å². The molecule has 1 atom stereocenters. The van der Waals surface area contributed by atoms with Gasteiger partial charge in [-0.1, -0.05) is 43.2 Å². The van der Waals surface area contributed by atoms with Crippen molar-refractivity contribution in [2.75, 3.05) is 6.61 Å². The van der Waals surface area contributed by atoms with Crippen molar-refractivity contribution in [3.8, 4) is 0 Å². The van der Waals surface area contributed by atoms with E-state index in [1.807, 2.05) is 6.07 Å². The number of hydrogen-bond donors (Lipinski definition) is 3. The first kappa shape index (κ1) is 13.1. The minimum atomic E-state index is -1.17. The van der Waals surface area contributed by atoms with Crippen LogP contribution in [-0.4, -0.2) is 28.3 Å². The maximum atomic E-state index is 12.0. The molecule has 3 N–H and O–H groups in total. The maximum Gasteiger partial charge on any atom is 0.253 e. The lowest BCUT2D eigenvalue weighted by atomic mass is 9.97. The lowest BCUT2D eigenvalue weighted by Gasteiger charge is -2.29. The molecule has 0 radical (unpaired) electrons. The molecule has 1 aliphatic carbocycles. The number of nitrogens with one attached hydrogen (secondary N) is 1. The highest BCUT2D eigenvalue weighted by Crippen LogP contribution is 2.29. The van der Waals surface area contributed by atoms with E-state index in [0.29, 0.717) is 5.56 Å². The molecule has 4 nitrogen and oxygen atoms in total. The molecule has 1 saturated carbocycles. The van der Waals surface area contributed by atoms with Crippen LogP contribution in [0.2, 0.25) is 0 Å². The molecule has 0 heterocycles. The first-order valence-electron chi connectivity index (χ1n) is 6.33. The van der Waals surface area contributed by atoms with Gasteiger partial charge >= 0.3 is 0 Å². The third-order valence-corrected chi connectivity index (χ3v) is 3.62. The van der Waals surface area contributed by atoms with Crippen LogP contribution in [0.4, 0.5) is 0 Å². The van der Waals surface area contributed by atoms with Crippen LogP contribution < -0.4 is 5.32 Å². The zero-order valence-corrected chi connectivity index (χ0v) is 10.3. The number of hydrogen-bond acceptors (Lipinski definition) is 3. The molecule has 0 aromatic heterocycles. The summed E-state index contributed by atoms with van der Waals surface area (Å²) >= 11 is 0. The fourth-order valence-electron chi connectivity index (χ4n) is 2.49. The second-order valence-electron chi connectivity index (χ2n) is 4.95. The second-order valence-corrected chi connectivity index (χ2v) is 4.95. The molecule has 0 spiro atoms. The average molecular weight is 249 g/mol. The van der Waals surface area contributed by atoms with E-state index in [9.17, 15) is 15.0 Å². The number of aliphatic hydroxyl groups excluding tert-OH is 2. The van der Waals surface area contributed by atoms with Crippen molar-refractivity contribution in [2.45, 2.75) is 37.3 Å². The highest BCUT2D eigenvalue weighted by Gasteiger charge is 2.36. The summed E-state index contributed by atoms with van der Waals surface area (Å²) in [4.78, 5) is 12.0. The normalized spacial score (nSPS) is 19.4. The van der Waals surface area contributed by atoms with Gasteiger partial charge in [-0.05, 0) is 18.4 Å². The third kappa shape index (κ3) is 2.71. The maximum absolute atomic E-state index is 12.0. The number of benzene rings is 1. The molecule has 0 unspecified atom stereocenters. The monoisotopic (exact) mass is 249 g/mol. The Morgan fingerprint density at radius 1 is 1.28 bits per heavy atom. The summed E-state index contributed by atoms with van der Waals surface area (Å²) < 4.78 is 0. The van der Waals surface area contributed by atoms with Crippen molar-refractivity contribution >= 4 is 5.91 Å². The molecule has 4 heteroatoms. The quantitative estimate of drug-likeness (QED) is 0.749. The molecule has 98 valence electrons. The van der Waals surface area contributed by atoms with Gasteiger partial charge in [-0.15, -0.1) is 0 Å². The molecule has 1 aromatic rings. The lowest BCUT2D eigenvalue weighted by Crippen LogP contribution is -2.50. The molecule has 1 aromatic carbocycles. The van der Waals surface area contributed by atoms with Gasteiger partial charge in [0.1, 0.15) is 0 Å². The summed E-state index contributed by atoms with van der Waals surface area (Å²) in [5.41, 5.74) is 0.0356. The fraction of sp³-hybridized carbons (Fsp3) is 0.500. The smallest absolute Gasteiger partial charge is 0.253 e. The van der Waals surface area contributed by atoms with Crippen LogP contribution in [0.25, 0.3) is 0 Å². The molecular weight excluding hydrogens is 230 g/mol. The Hall–Kier alpha value is -1.39. The van der Waals surface area contributed by atoms with Gasteiger partial charge in [0.2, 0.25) is 0 Å². The van der Waals surface area contributed by atoms with Gasteiger partial charge in [0.05, 0.1) is 12.1 Å². The number of aliphatic hydroxyl groups is 2. The van der Waals surface area contributed by atoms with Crippen LogP contribution >= 0.6 is 0 Å². The predicted octanol–water partition coefficient (Wildman–Crippen LogP) is 1.14. The Morgan fingerprint density at radius 3 is 2.44 bits per heavy atom. The minimum Gasteiger partial charge on any atom is -0.394 e. The predicted molar refractivity (Wildman–Crippen MR) is 67.8 cm³/mol. The molecule has 0 bridgehead atoms. The topological polar surface area (TPSA) is 69.6 Å². The largest absolute Gasteiger partial charge is 0.394 e. The summed E-state index contributed by atoms with van der Waals surface area (Å²) in [5, 5.41) is 22.2. The van der Waals surface area contributed by atoms with Gasteiger partial charge in [-0.25, -0.2) is 0 Å². The number of carbonyl (C=O) groups is 1. The van der Waals surface area contributed by atoms with Crippen LogP contribution in [0, 0.1) is 0 Å². The Balaban J connectivity index is 2.03. The summed E-state index contributed by atoms with van der Waals surface area (Å²) in [6.45, 7) is -0.0692. The molecule has 1 fully saturated rings. The van der Waals surface area contributed by atoms with E-state index in [1.54, 1.807) is 24.3 Å². The SMILES string of the molecule is O=C(NC1(CO)CCCC1)[C@@H](O)c1ccccc1. The van der Waals surface area contributed by atoms with Gasteiger partial charge in [-0.3, -0.25) is 4.79 Å². The van der Waals surface area contributed by atoms with Crippen LogP contribution in [-0.2, 0) is 4.79 Å². The van der Waals surface area contributed by atoms with Crippen molar-refractivity contribution < 1.29 is 15.0 Å². The Bertz CT molecular complexity index is 399. The van der Waals surface area contributed by atoms with Crippen molar-refractivity contribution in [3.05, 3.63) is 35.9 Å². The molecule has 0 saturated heterocycles. The van der Waals surface area contributed by atoms with E-state index < -0.39 is 17.6 Å². The highest BCUT2D eigenvalue weighted by atomic mass is 16.3. The number of rotatable bonds is 4. The van der Waals surface area contributed by atoms with E-state index in [1.165, 1.54) is 0 Å².